The van der Waals surface area contributed by atoms with E-state index in [9.17, 15) is 10.1 Å². The number of nitro groups is 1. The molecule has 1 aromatic heterocycles. The first-order valence-corrected chi connectivity index (χ1v) is 7.24. The fraction of sp³-hybridized carbons (Fsp3) is 0.643. The maximum atomic E-state index is 11.0. The molecule has 1 aromatic rings. The van der Waals surface area contributed by atoms with Gasteiger partial charge in [0.05, 0.1) is 17.1 Å². The Morgan fingerprint density at radius 1 is 1.20 bits per heavy atom. The largest absolute Gasteiger partial charge is 0.370 e. The quantitative estimate of drug-likeness (QED) is 0.533. The molecule has 0 unspecified atom stereocenters. The van der Waals surface area contributed by atoms with E-state index in [1.165, 1.54) is 12.1 Å². The van der Waals surface area contributed by atoms with Crippen LogP contribution in [0.2, 0.25) is 0 Å². The second-order valence-corrected chi connectivity index (χ2v) is 4.84. The van der Waals surface area contributed by atoms with Gasteiger partial charge in [-0.15, -0.1) is 0 Å². The first kappa shape index (κ1) is 16.2. The van der Waals surface area contributed by atoms with Crippen molar-refractivity contribution < 1.29 is 4.92 Å². The fourth-order valence-corrected chi connectivity index (χ4v) is 1.88. The molecule has 0 saturated heterocycles. The van der Waals surface area contributed by atoms with Crippen LogP contribution in [0.15, 0.2) is 12.1 Å². The lowest BCUT2D eigenvalue weighted by atomic mass is 10.0. The molecule has 6 nitrogen and oxygen atoms in total. The topological polar surface area (TPSA) is 80.1 Å². The summed E-state index contributed by atoms with van der Waals surface area (Å²) in [6.07, 6.45) is 3.11. The van der Waals surface area contributed by atoms with Crippen LogP contribution in [0.1, 0.15) is 40.0 Å². The molecule has 0 bridgehead atoms. The summed E-state index contributed by atoms with van der Waals surface area (Å²) >= 11 is 0. The van der Waals surface area contributed by atoms with Crippen LogP contribution in [0.5, 0.6) is 0 Å². The van der Waals surface area contributed by atoms with Crippen molar-refractivity contribution in [3.63, 3.8) is 0 Å². The lowest BCUT2D eigenvalue weighted by Gasteiger charge is -2.14. The Balaban J connectivity index is 2.82. The predicted octanol–water partition coefficient (Wildman–Crippen LogP) is 3.66. The zero-order valence-corrected chi connectivity index (χ0v) is 12.5. The van der Waals surface area contributed by atoms with Crippen LogP contribution in [0, 0.1) is 16.0 Å². The van der Waals surface area contributed by atoms with Crippen molar-refractivity contribution in [2.45, 2.75) is 40.0 Å². The van der Waals surface area contributed by atoms with Gasteiger partial charge in [0.25, 0.3) is 5.69 Å². The van der Waals surface area contributed by atoms with Gasteiger partial charge in [0, 0.05) is 13.1 Å². The van der Waals surface area contributed by atoms with E-state index < -0.39 is 0 Å². The zero-order chi connectivity index (χ0) is 15.0. The molecule has 0 fully saturated rings. The molecular weight excluding hydrogens is 256 g/mol. The molecule has 1 heterocycles. The third-order valence-electron chi connectivity index (χ3n) is 3.30. The Morgan fingerprint density at radius 3 is 2.30 bits per heavy atom. The number of nitrogens with one attached hydrogen (secondary N) is 2. The van der Waals surface area contributed by atoms with E-state index in [0.717, 1.165) is 32.4 Å². The molecule has 0 saturated carbocycles. The third kappa shape index (κ3) is 5.03. The predicted molar refractivity (Wildman–Crippen MR) is 82.2 cm³/mol. The highest BCUT2D eigenvalue weighted by atomic mass is 16.6. The van der Waals surface area contributed by atoms with Crippen molar-refractivity contribution >= 4 is 17.3 Å². The standard InChI is InChI=1S/C14H24N4O2/c1-4-7-15-13-8-12(18(19)20)9-14(17-13)16-10-11(5-2)6-3/h8-9,11H,4-7,10H2,1-3H3,(H2,15,16,17). The van der Waals surface area contributed by atoms with Gasteiger partial charge in [-0.2, -0.15) is 0 Å². The van der Waals surface area contributed by atoms with Crippen LogP contribution < -0.4 is 10.6 Å². The molecular formula is C14H24N4O2. The minimum atomic E-state index is -0.388. The third-order valence-corrected chi connectivity index (χ3v) is 3.30. The van der Waals surface area contributed by atoms with Crippen molar-refractivity contribution in [2.24, 2.45) is 5.92 Å². The molecule has 6 heteroatoms. The van der Waals surface area contributed by atoms with Gasteiger partial charge >= 0.3 is 0 Å². The Morgan fingerprint density at radius 2 is 1.80 bits per heavy atom. The van der Waals surface area contributed by atoms with Crippen LogP contribution in [-0.4, -0.2) is 23.0 Å². The van der Waals surface area contributed by atoms with Gasteiger partial charge in [-0.1, -0.05) is 33.6 Å². The van der Waals surface area contributed by atoms with E-state index in [4.69, 9.17) is 0 Å². The summed E-state index contributed by atoms with van der Waals surface area (Å²) in [6.45, 7) is 7.86. The summed E-state index contributed by atoms with van der Waals surface area (Å²) in [6, 6.07) is 2.96. The van der Waals surface area contributed by atoms with Crippen molar-refractivity contribution in [1.82, 2.24) is 4.98 Å². The molecule has 0 spiro atoms. The van der Waals surface area contributed by atoms with E-state index >= 15 is 0 Å². The van der Waals surface area contributed by atoms with Crippen LogP contribution in [0.4, 0.5) is 17.3 Å². The number of aromatic nitrogens is 1. The van der Waals surface area contributed by atoms with Gasteiger partial charge in [-0.25, -0.2) is 4.98 Å². The zero-order valence-electron chi connectivity index (χ0n) is 12.5. The van der Waals surface area contributed by atoms with Gasteiger partial charge in [-0.3, -0.25) is 10.1 Å². The lowest BCUT2D eigenvalue weighted by molar-refractivity contribution is -0.384. The monoisotopic (exact) mass is 280 g/mol. The summed E-state index contributed by atoms with van der Waals surface area (Å²) in [5.41, 5.74) is 0.0608. The molecule has 0 aliphatic heterocycles. The Bertz CT molecular complexity index is 433. The van der Waals surface area contributed by atoms with Gasteiger partial charge < -0.3 is 10.6 Å². The van der Waals surface area contributed by atoms with Crippen LogP contribution >= 0.6 is 0 Å². The number of pyridine rings is 1. The summed E-state index contributed by atoms with van der Waals surface area (Å²) in [5.74, 6) is 1.67. The van der Waals surface area contributed by atoms with Crippen LogP contribution in [0.25, 0.3) is 0 Å². The first-order chi connectivity index (χ1) is 9.60. The number of hydrogen-bond donors (Lipinski definition) is 2. The SMILES string of the molecule is CCCNc1cc([N+](=O)[O-])cc(NCC(CC)CC)n1. The highest BCUT2D eigenvalue weighted by Crippen LogP contribution is 2.21. The van der Waals surface area contributed by atoms with Crippen LogP contribution in [-0.2, 0) is 0 Å². The summed E-state index contributed by atoms with van der Waals surface area (Å²) in [7, 11) is 0. The van der Waals surface area contributed by atoms with Crippen molar-refractivity contribution in [3.05, 3.63) is 22.2 Å². The van der Waals surface area contributed by atoms with E-state index in [0.29, 0.717) is 17.6 Å². The lowest BCUT2D eigenvalue weighted by Crippen LogP contribution is -2.14. The highest BCUT2D eigenvalue weighted by molar-refractivity contribution is 5.54. The summed E-state index contributed by atoms with van der Waals surface area (Å²) in [4.78, 5) is 14.9. The fourth-order valence-electron chi connectivity index (χ4n) is 1.88. The highest BCUT2D eigenvalue weighted by Gasteiger charge is 2.12. The summed E-state index contributed by atoms with van der Waals surface area (Å²) in [5, 5.41) is 17.2. The average Bonchev–Trinajstić information content (AvgIpc) is 2.46. The number of hydrogen-bond acceptors (Lipinski definition) is 5. The van der Waals surface area contributed by atoms with Gasteiger partial charge in [0.15, 0.2) is 0 Å². The molecule has 0 aliphatic carbocycles. The second kappa shape index (κ2) is 8.35. The molecule has 0 aromatic carbocycles. The minimum Gasteiger partial charge on any atom is -0.370 e. The normalized spacial score (nSPS) is 10.6. The Hall–Kier alpha value is -1.85. The molecule has 0 amide bonds. The average molecular weight is 280 g/mol. The van der Waals surface area contributed by atoms with E-state index in [-0.39, 0.29) is 10.6 Å². The van der Waals surface area contributed by atoms with Gasteiger partial charge in [0.2, 0.25) is 0 Å². The Labute approximate surface area is 120 Å². The molecule has 0 radical (unpaired) electrons. The first-order valence-electron chi connectivity index (χ1n) is 7.24. The Kier molecular flexibility index (Phi) is 6.76. The maximum absolute atomic E-state index is 11.0. The smallest absolute Gasteiger partial charge is 0.276 e. The summed E-state index contributed by atoms with van der Waals surface area (Å²) < 4.78 is 0. The van der Waals surface area contributed by atoms with E-state index in [1.54, 1.807) is 0 Å². The second-order valence-electron chi connectivity index (χ2n) is 4.84. The molecule has 2 N–H and O–H groups in total. The van der Waals surface area contributed by atoms with Crippen LogP contribution in [0.3, 0.4) is 0 Å². The van der Waals surface area contributed by atoms with Crippen molar-refractivity contribution in [2.75, 3.05) is 23.7 Å². The van der Waals surface area contributed by atoms with E-state index in [1.807, 2.05) is 6.92 Å². The minimum absolute atomic E-state index is 0.0608. The number of anilines is 2. The molecule has 112 valence electrons. The number of rotatable bonds is 9. The molecule has 20 heavy (non-hydrogen) atoms. The molecule has 0 atom stereocenters. The number of nitrogens with zero attached hydrogens (tertiary/aromatic N) is 2. The van der Waals surface area contributed by atoms with Crippen molar-refractivity contribution in [3.8, 4) is 0 Å². The maximum Gasteiger partial charge on any atom is 0.276 e. The van der Waals surface area contributed by atoms with Gasteiger partial charge in [-0.05, 0) is 12.3 Å². The van der Waals surface area contributed by atoms with E-state index in [2.05, 4.69) is 29.5 Å². The molecule has 1 rings (SSSR count). The van der Waals surface area contributed by atoms with Crippen molar-refractivity contribution in [1.29, 1.82) is 0 Å². The molecule has 0 aliphatic rings. The van der Waals surface area contributed by atoms with Gasteiger partial charge in [0.1, 0.15) is 11.6 Å².